The molecule has 0 fully saturated rings. The lowest BCUT2D eigenvalue weighted by Crippen LogP contribution is -2.07. The van der Waals surface area contributed by atoms with E-state index in [1.54, 1.807) is 24.3 Å². The van der Waals surface area contributed by atoms with Crippen molar-refractivity contribution in [3.05, 3.63) is 35.1 Å². The maximum atomic E-state index is 12.5. The second-order valence-corrected chi connectivity index (χ2v) is 3.69. The average Bonchev–Trinajstić information content (AvgIpc) is 2.31. The zero-order chi connectivity index (χ0) is 13.1. The Morgan fingerprint density at radius 1 is 1.17 bits per heavy atom. The third-order valence-corrected chi connectivity index (χ3v) is 2.32. The second-order valence-electron chi connectivity index (χ2n) is 3.28. The molecule has 0 spiro atoms. The van der Waals surface area contributed by atoms with Gasteiger partial charge in [-0.1, -0.05) is 23.7 Å². The van der Waals surface area contributed by atoms with Crippen LogP contribution in [0.4, 0.5) is 26.4 Å². The van der Waals surface area contributed by atoms with E-state index in [4.69, 9.17) is 17.3 Å². The summed E-state index contributed by atoms with van der Waals surface area (Å²) in [5.41, 5.74) is 5.81. The SMILES string of the molecule is Nc1nc(Nc2ccccc2Cl)nc(C(F)F)n1. The summed E-state index contributed by atoms with van der Waals surface area (Å²) in [7, 11) is 0. The quantitative estimate of drug-likeness (QED) is 0.898. The van der Waals surface area contributed by atoms with Gasteiger partial charge in [-0.25, -0.2) is 8.78 Å². The molecule has 2 rings (SSSR count). The van der Waals surface area contributed by atoms with Gasteiger partial charge in [0.1, 0.15) is 0 Å². The summed E-state index contributed by atoms with van der Waals surface area (Å²) in [6.07, 6.45) is -2.82. The first-order valence-electron chi connectivity index (χ1n) is 4.87. The maximum Gasteiger partial charge on any atom is 0.297 e. The number of hydrogen-bond acceptors (Lipinski definition) is 5. The summed E-state index contributed by atoms with van der Waals surface area (Å²) in [6, 6.07) is 6.76. The van der Waals surface area contributed by atoms with Crippen LogP contribution in [-0.4, -0.2) is 15.0 Å². The highest BCUT2D eigenvalue weighted by molar-refractivity contribution is 6.33. The largest absolute Gasteiger partial charge is 0.368 e. The molecule has 0 radical (unpaired) electrons. The molecule has 0 amide bonds. The number of alkyl halides is 2. The Morgan fingerprint density at radius 3 is 2.56 bits per heavy atom. The van der Waals surface area contributed by atoms with E-state index in [0.717, 1.165) is 0 Å². The van der Waals surface area contributed by atoms with Crippen LogP contribution in [0.15, 0.2) is 24.3 Å². The third kappa shape index (κ3) is 2.80. The van der Waals surface area contributed by atoms with Gasteiger partial charge in [-0.15, -0.1) is 0 Å². The molecule has 0 atom stereocenters. The molecule has 1 aromatic heterocycles. The Kier molecular flexibility index (Phi) is 3.52. The predicted octanol–water partition coefficient (Wildman–Crippen LogP) is 2.79. The highest BCUT2D eigenvalue weighted by atomic mass is 35.5. The number of hydrogen-bond donors (Lipinski definition) is 2. The first-order chi connectivity index (χ1) is 8.56. The smallest absolute Gasteiger partial charge is 0.297 e. The number of nitrogen functional groups attached to an aromatic ring is 1. The molecule has 5 nitrogen and oxygen atoms in total. The molecule has 94 valence electrons. The Bertz CT molecular complexity index is 564. The number of anilines is 3. The van der Waals surface area contributed by atoms with Gasteiger partial charge in [-0.3, -0.25) is 0 Å². The first-order valence-corrected chi connectivity index (χ1v) is 5.25. The van der Waals surface area contributed by atoms with Crippen LogP contribution in [0.1, 0.15) is 12.2 Å². The van der Waals surface area contributed by atoms with Gasteiger partial charge in [0.05, 0.1) is 10.7 Å². The molecule has 1 aromatic carbocycles. The van der Waals surface area contributed by atoms with E-state index < -0.39 is 12.2 Å². The van der Waals surface area contributed by atoms with Crippen molar-refractivity contribution in [1.82, 2.24) is 15.0 Å². The summed E-state index contributed by atoms with van der Waals surface area (Å²) in [6.45, 7) is 0. The summed E-state index contributed by atoms with van der Waals surface area (Å²) >= 11 is 5.90. The molecule has 0 aliphatic rings. The zero-order valence-corrected chi connectivity index (χ0v) is 9.70. The number of aromatic nitrogens is 3. The van der Waals surface area contributed by atoms with Crippen LogP contribution in [0.2, 0.25) is 5.02 Å². The van der Waals surface area contributed by atoms with Crippen molar-refractivity contribution in [2.24, 2.45) is 0 Å². The van der Waals surface area contributed by atoms with Crippen molar-refractivity contribution >= 4 is 29.2 Å². The molecule has 0 saturated carbocycles. The van der Waals surface area contributed by atoms with Crippen molar-refractivity contribution in [3.63, 3.8) is 0 Å². The fourth-order valence-corrected chi connectivity index (χ4v) is 1.43. The minimum absolute atomic E-state index is 0.0779. The van der Waals surface area contributed by atoms with E-state index in [-0.39, 0.29) is 11.9 Å². The zero-order valence-electron chi connectivity index (χ0n) is 8.94. The van der Waals surface area contributed by atoms with Crippen molar-refractivity contribution in [2.75, 3.05) is 11.1 Å². The van der Waals surface area contributed by atoms with Gasteiger partial charge in [0, 0.05) is 0 Å². The van der Waals surface area contributed by atoms with Gasteiger partial charge in [-0.05, 0) is 12.1 Å². The maximum absolute atomic E-state index is 12.5. The average molecular weight is 272 g/mol. The molecule has 0 unspecified atom stereocenters. The summed E-state index contributed by atoms with van der Waals surface area (Å²) in [5, 5.41) is 3.11. The van der Waals surface area contributed by atoms with Crippen molar-refractivity contribution in [3.8, 4) is 0 Å². The predicted molar refractivity (Wildman–Crippen MR) is 63.9 cm³/mol. The van der Waals surface area contributed by atoms with Crippen molar-refractivity contribution in [1.29, 1.82) is 0 Å². The number of nitrogens with one attached hydrogen (secondary N) is 1. The number of nitrogens with zero attached hydrogens (tertiary/aromatic N) is 3. The fourth-order valence-electron chi connectivity index (χ4n) is 1.25. The van der Waals surface area contributed by atoms with Crippen LogP contribution in [0, 0.1) is 0 Å². The lowest BCUT2D eigenvalue weighted by atomic mass is 10.3. The van der Waals surface area contributed by atoms with E-state index >= 15 is 0 Å². The Hall–Kier alpha value is -2.02. The Balaban J connectivity index is 2.32. The third-order valence-electron chi connectivity index (χ3n) is 1.99. The molecule has 3 N–H and O–H groups in total. The summed E-state index contributed by atoms with van der Waals surface area (Å²) < 4.78 is 25.0. The number of benzene rings is 1. The van der Waals surface area contributed by atoms with Crippen LogP contribution in [-0.2, 0) is 0 Å². The number of rotatable bonds is 3. The Labute approximate surface area is 106 Å². The molecule has 18 heavy (non-hydrogen) atoms. The van der Waals surface area contributed by atoms with E-state index in [2.05, 4.69) is 20.3 Å². The number of halogens is 3. The van der Waals surface area contributed by atoms with Crippen molar-refractivity contribution in [2.45, 2.75) is 6.43 Å². The van der Waals surface area contributed by atoms with E-state index in [9.17, 15) is 8.78 Å². The van der Waals surface area contributed by atoms with Crippen LogP contribution in [0.3, 0.4) is 0 Å². The first kappa shape index (κ1) is 12.4. The highest BCUT2D eigenvalue weighted by Crippen LogP contribution is 2.24. The van der Waals surface area contributed by atoms with Gasteiger partial charge in [0.15, 0.2) is 0 Å². The lowest BCUT2D eigenvalue weighted by Gasteiger charge is -2.08. The van der Waals surface area contributed by atoms with Gasteiger partial charge < -0.3 is 11.1 Å². The molecular weight excluding hydrogens is 264 g/mol. The second kappa shape index (κ2) is 5.09. The van der Waals surface area contributed by atoms with E-state index in [1.165, 1.54) is 0 Å². The molecule has 8 heteroatoms. The standard InChI is InChI=1S/C10H8ClF2N5/c11-5-3-1-2-4-6(5)15-10-17-8(7(12)13)16-9(14)18-10/h1-4,7H,(H3,14,15,16,17,18). The summed E-state index contributed by atoms with van der Waals surface area (Å²) in [5.74, 6) is -1.04. The van der Waals surface area contributed by atoms with Gasteiger partial charge in [0.2, 0.25) is 17.7 Å². The molecule has 0 aliphatic heterocycles. The molecule has 0 bridgehead atoms. The minimum Gasteiger partial charge on any atom is -0.368 e. The minimum atomic E-state index is -2.82. The highest BCUT2D eigenvalue weighted by Gasteiger charge is 2.14. The number of para-hydroxylation sites is 1. The van der Waals surface area contributed by atoms with E-state index in [0.29, 0.717) is 10.7 Å². The molecule has 2 aromatic rings. The van der Waals surface area contributed by atoms with Crippen LogP contribution in [0.5, 0.6) is 0 Å². The van der Waals surface area contributed by atoms with Gasteiger partial charge in [-0.2, -0.15) is 15.0 Å². The molecule has 0 saturated heterocycles. The topological polar surface area (TPSA) is 76.7 Å². The fraction of sp³-hybridized carbons (Fsp3) is 0.100. The lowest BCUT2D eigenvalue weighted by molar-refractivity contribution is 0.140. The molecular formula is C10H8ClF2N5. The normalized spacial score (nSPS) is 10.7. The number of nitrogens with two attached hydrogens (primary N) is 1. The monoisotopic (exact) mass is 271 g/mol. The van der Waals surface area contributed by atoms with Crippen LogP contribution >= 0.6 is 11.6 Å². The van der Waals surface area contributed by atoms with Crippen LogP contribution < -0.4 is 11.1 Å². The van der Waals surface area contributed by atoms with Gasteiger partial charge >= 0.3 is 0 Å². The van der Waals surface area contributed by atoms with Crippen LogP contribution in [0.25, 0.3) is 0 Å². The molecule has 0 aliphatic carbocycles. The Morgan fingerprint density at radius 2 is 1.89 bits per heavy atom. The van der Waals surface area contributed by atoms with E-state index in [1.807, 2.05) is 0 Å². The summed E-state index contributed by atoms with van der Waals surface area (Å²) in [4.78, 5) is 10.6. The van der Waals surface area contributed by atoms with Gasteiger partial charge in [0.25, 0.3) is 6.43 Å². The van der Waals surface area contributed by atoms with Crippen molar-refractivity contribution < 1.29 is 8.78 Å². The molecule has 1 heterocycles.